The summed E-state index contributed by atoms with van der Waals surface area (Å²) in [4.78, 5) is 0.0854. The van der Waals surface area contributed by atoms with Gasteiger partial charge in [-0.2, -0.15) is 0 Å². The molecule has 0 aromatic heterocycles. The number of anilines is 2. The van der Waals surface area contributed by atoms with Crippen LogP contribution in [-0.2, 0) is 10.0 Å². The molecule has 1 aromatic rings. The third-order valence-electron chi connectivity index (χ3n) is 2.90. The third kappa shape index (κ3) is 4.36. The molecule has 0 aliphatic rings. The molecule has 0 spiro atoms. The number of rotatable bonds is 7. The van der Waals surface area contributed by atoms with E-state index >= 15 is 0 Å². The molecule has 1 atom stereocenters. The summed E-state index contributed by atoms with van der Waals surface area (Å²) in [7, 11) is -2.26. The van der Waals surface area contributed by atoms with E-state index in [9.17, 15) is 13.5 Å². The Kier molecular flexibility index (Phi) is 5.79. The van der Waals surface area contributed by atoms with Crippen molar-refractivity contribution >= 4 is 21.4 Å². The zero-order valence-corrected chi connectivity index (χ0v) is 12.9. The Bertz CT molecular complexity index is 544. The number of hydrogen-bond donors (Lipinski definition) is 4. The predicted molar refractivity (Wildman–Crippen MR) is 81.1 cm³/mol. The molecule has 0 fully saturated rings. The van der Waals surface area contributed by atoms with Gasteiger partial charge in [0.05, 0.1) is 12.3 Å². The van der Waals surface area contributed by atoms with E-state index < -0.39 is 10.0 Å². The Morgan fingerprint density at radius 3 is 2.50 bits per heavy atom. The Morgan fingerprint density at radius 1 is 1.35 bits per heavy atom. The highest BCUT2D eigenvalue weighted by atomic mass is 32.2. The molecule has 1 unspecified atom stereocenters. The van der Waals surface area contributed by atoms with E-state index in [0.29, 0.717) is 17.3 Å². The van der Waals surface area contributed by atoms with Crippen molar-refractivity contribution in [2.24, 2.45) is 5.92 Å². The normalized spacial score (nSPS) is 13.4. The van der Waals surface area contributed by atoms with E-state index in [1.165, 1.54) is 13.1 Å². The fourth-order valence-corrected chi connectivity index (χ4v) is 2.89. The zero-order chi connectivity index (χ0) is 15.3. The van der Waals surface area contributed by atoms with Gasteiger partial charge in [0.2, 0.25) is 10.0 Å². The molecule has 0 saturated heterocycles. The minimum Gasteiger partial charge on any atom is -0.399 e. The molecule has 7 heteroatoms. The van der Waals surface area contributed by atoms with E-state index in [1.807, 2.05) is 13.8 Å². The van der Waals surface area contributed by atoms with Gasteiger partial charge in [0, 0.05) is 11.7 Å². The summed E-state index contributed by atoms with van der Waals surface area (Å²) in [5, 5.41) is 12.5. The second-order valence-corrected chi connectivity index (χ2v) is 6.97. The summed E-state index contributed by atoms with van der Waals surface area (Å²) in [6.07, 6.45) is 0.736. The molecule has 0 amide bonds. The number of nitrogen functional groups attached to an aromatic ring is 1. The summed E-state index contributed by atoms with van der Waals surface area (Å²) in [5.74, 6) is 0.387. The van der Waals surface area contributed by atoms with Crippen LogP contribution < -0.4 is 15.8 Å². The van der Waals surface area contributed by atoms with Gasteiger partial charge in [-0.3, -0.25) is 0 Å². The first kappa shape index (κ1) is 16.7. The minimum atomic E-state index is -3.61. The van der Waals surface area contributed by atoms with Crippen LogP contribution in [0.3, 0.4) is 0 Å². The van der Waals surface area contributed by atoms with Crippen LogP contribution in [0.1, 0.15) is 20.3 Å². The Labute approximate surface area is 120 Å². The van der Waals surface area contributed by atoms with Crippen molar-refractivity contribution in [1.82, 2.24) is 4.72 Å². The molecule has 114 valence electrons. The summed E-state index contributed by atoms with van der Waals surface area (Å²) in [5.41, 5.74) is 6.46. The van der Waals surface area contributed by atoms with Crippen LogP contribution in [0.5, 0.6) is 0 Å². The van der Waals surface area contributed by atoms with Gasteiger partial charge in [0.15, 0.2) is 0 Å². The highest BCUT2D eigenvalue weighted by Crippen LogP contribution is 2.25. The standard InChI is InChI=1S/C13H23N3O3S/c1-9(2)6-11(8-17)16-12-5-4-10(14)7-13(12)20(18,19)15-3/h4-5,7,9,11,15-17H,6,8,14H2,1-3H3. The topological polar surface area (TPSA) is 104 Å². The number of hydrogen-bond acceptors (Lipinski definition) is 5. The summed E-state index contributed by atoms with van der Waals surface area (Å²) in [6, 6.07) is 4.44. The third-order valence-corrected chi connectivity index (χ3v) is 4.35. The lowest BCUT2D eigenvalue weighted by atomic mass is 10.0. The highest BCUT2D eigenvalue weighted by Gasteiger charge is 2.19. The summed E-state index contributed by atoms with van der Waals surface area (Å²) >= 11 is 0. The van der Waals surface area contributed by atoms with Crippen LogP contribution in [0, 0.1) is 5.92 Å². The van der Waals surface area contributed by atoms with Crippen LogP contribution in [0.4, 0.5) is 11.4 Å². The van der Waals surface area contributed by atoms with Crippen LogP contribution >= 0.6 is 0 Å². The lowest BCUT2D eigenvalue weighted by Gasteiger charge is -2.21. The number of aliphatic hydroxyl groups is 1. The van der Waals surface area contributed by atoms with E-state index in [1.54, 1.807) is 12.1 Å². The van der Waals surface area contributed by atoms with Gasteiger partial charge in [0.25, 0.3) is 0 Å². The first-order chi connectivity index (χ1) is 9.30. The molecular formula is C13H23N3O3S. The molecular weight excluding hydrogens is 278 g/mol. The largest absolute Gasteiger partial charge is 0.399 e. The maximum Gasteiger partial charge on any atom is 0.242 e. The van der Waals surface area contributed by atoms with Crippen LogP contribution in [0.15, 0.2) is 23.1 Å². The number of sulfonamides is 1. The minimum absolute atomic E-state index is 0.0679. The van der Waals surface area contributed by atoms with Gasteiger partial charge in [0.1, 0.15) is 4.90 Å². The van der Waals surface area contributed by atoms with E-state index in [-0.39, 0.29) is 17.5 Å². The van der Waals surface area contributed by atoms with E-state index in [0.717, 1.165) is 6.42 Å². The lowest BCUT2D eigenvalue weighted by Crippen LogP contribution is -2.28. The van der Waals surface area contributed by atoms with Gasteiger partial charge in [-0.05, 0) is 37.6 Å². The van der Waals surface area contributed by atoms with Crippen LogP contribution in [-0.4, -0.2) is 33.2 Å². The number of aliphatic hydroxyl groups excluding tert-OH is 1. The van der Waals surface area contributed by atoms with E-state index in [4.69, 9.17) is 5.73 Å². The number of nitrogens with two attached hydrogens (primary N) is 1. The molecule has 0 bridgehead atoms. The number of nitrogens with one attached hydrogen (secondary N) is 2. The SMILES string of the molecule is CNS(=O)(=O)c1cc(N)ccc1NC(CO)CC(C)C. The fourth-order valence-electron chi connectivity index (χ4n) is 1.96. The van der Waals surface area contributed by atoms with Gasteiger partial charge < -0.3 is 16.2 Å². The average molecular weight is 301 g/mol. The van der Waals surface area contributed by atoms with Crippen molar-refractivity contribution in [3.63, 3.8) is 0 Å². The van der Waals surface area contributed by atoms with Gasteiger partial charge in [-0.25, -0.2) is 13.1 Å². The molecule has 0 heterocycles. The lowest BCUT2D eigenvalue weighted by molar-refractivity contribution is 0.259. The van der Waals surface area contributed by atoms with Gasteiger partial charge in [-0.15, -0.1) is 0 Å². The maximum absolute atomic E-state index is 12.0. The van der Waals surface area contributed by atoms with Gasteiger partial charge >= 0.3 is 0 Å². The molecule has 1 rings (SSSR count). The van der Waals surface area contributed by atoms with Crippen molar-refractivity contribution in [3.8, 4) is 0 Å². The summed E-state index contributed by atoms with van der Waals surface area (Å²) < 4.78 is 26.3. The molecule has 0 aliphatic heterocycles. The number of benzene rings is 1. The monoisotopic (exact) mass is 301 g/mol. The molecule has 6 nitrogen and oxygen atoms in total. The molecule has 0 saturated carbocycles. The molecule has 20 heavy (non-hydrogen) atoms. The van der Waals surface area contributed by atoms with Crippen LogP contribution in [0.2, 0.25) is 0 Å². The highest BCUT2D eigenvalue weighted by molar-refractivity contribution is 7.89. The van der Waals surface area contributed by atoms with Crippen molar-refractivity contribution in [3.05, 3.63) is 18.2 Å². The van der Waals surface area contributed by atoms with E-state index in [2.05, 4.69) is 10.0 Å². The molecule has 5 N–H and O–H groups in total. The van der Waals surface area contributed by atoms with Gasteiger partial charge in [-0.1, -0.05) is 13.8 Å². The predicted octanol–water partition coefficient (Wildman–Crippen LogP) is 0.996. The first-order valence-electron chi connectivity index (χ1n) is 6.50. The summed E-state index contributed by atoms with van der Waals surface area (Å²) in [6.45, 7) is 4.01. The van der Waals surface area contributed by atoms with Crippen LogP contribution in [0.25, 0.3) is 0 Å². The van der Waals surface area contributed by atoms with Crippen molar-refractivity contribution in [2.75, 3.05) is 24.7 Å². The maximum atomic E-state index is 12.0. The zero-order valence-electron chi connectivity index (χ0n) is 12.1. The second kappa shape index (κ2) is 6.92. The average Bonchev–Trinajstić information content (AvgIpc) is 2.39. The Hall–Kier alpha value is -1.31. The second-order valence-electron chi connectivity index (χ2n) is 5.12. The first-order valence-corrected chi connectivity index (χ1v) is 7.99. The van der Waals surface area contributed by atoms with Crippen molar-refractivity contribution < 1.29 is 13.5 Å². The molecule has 0 radical (unpaired) electrons. The molecule has 0 aliphatic carbocycles. The Morgan fingerprint density at radius 2 is 2.00 bits per heavy atom. The molecule has 1 aromatic carbocycles. The fraction of sp³-hybridized carbons (Fsp3) is 0.538. The van der Waals surface area contributed by atoms with Crippen molar-refractivity contribution in [1.29, 1.82) is 0 Å². The van der Waals surface area contributed by atoms with Crippen molar-refractivity contribution in [2.45, 2.75) is 31.2 Å². The Balaban J connectivity index is 3.12. The quantitative estimate of drug-likeness (QED) is 0.562. The smallest absolute Gasteiger partial charge is 0.242 e.